The normalized spacial score (nSPS) is 16.0. The average molecular weight is 459 g/mol. The van der Waals surface area contributed by atoms with Crippen LogP contribution >= 0.6 is 11.6 Å². The fraction of sp³-hybridized carbons (Fsp3) is 0.154. The van der Waals surface area contributed by atoms with E-state index in [0.717, 1.165) is 27.9 Å². The Morgan fingerprint density at radius 3 is 2.64 bits per heavy atom. The number of para-hydroxylation sites is 2. The van der Waals surface area contributed by atoms with Crippen molar-refractivity contribution in [3.8, 4) is 0 Å². The molecule has 0 aliphatic carbocycles. The van der Waals surface area contributed by atoms with Crippen LogP contribution in [0.25, 0.3) is 11.1 Å². The molecule has 0 saturated heterocycles. The van der Waals surface area contributed by atoms with E-state index in [0.29, 0.717) is 29.1 Å². The Labute approximate surface area is 196 Å². The lowest BCUT2D eigenvalue weighted by Gasteiger charge is -2.32. The zero-order valence-electron chi connectivity index (χ0n) is 18.1. The van der Waals surface area contributed by atoms with Gasteiger partial charge in [-0.1, -0.05) is 66.2 Å². The number of allylic oxidation sites excluding steroid dienone is 1. The van der Waals surface area contributed by atoms with Gasteiger partial charge in [0.05, 0.1) is 13.2 Å². The Kier molecular flexibility index (Phi) is 5.86. The molecule has 0 fully saturated rings. The number of fused-ring (bicyclic) bond motifs is 1. The summed E-state index contributed by atoms with van der Waals surface area (Å²) in [6.45, 7) is 2.61. The predicted molar refractivity (Wildman–Crippen MR) is 131 cm³/mol. The molecule has 0 amide bonds. The van der Waals surface area contributed by atoms with Gasteiger partial charge in [-0.25, -0.2) is 4.99 Å². The summed E-state index contributed by atoms with van der Waals surface area (Å²) in [5, 5.41) is 13.5. The van der Waals surface area contributed by atoms with E-state index in [1.807, 2.05) is 79.7 Å². The van der Waals surface area contributed by atoms with E-state index >= 15 is 0 Å². The number of aliphatic hydroxyl groups is 1. The van der Waals surface area contributed by atoms with Crippen molar-refractivity contribution < 1.29 is 9.52 Å². The number of hydrogen-bond donors (Lipinski definition) is 2. The van der Waals surface area contributed by atoms with E-state index in [1.165, 1.54) is 0 Å². The van der Waals surface area contributed by atoms with Crippen molar-refractivity contribution in [3.63, 3.8) is 0 Å². The zero-order chi connectivity index (χ0) is 22.8. The van der Waals surface area contributed by atoms with E-state index in [9.17, 15) is 5.11 Å². The van der Waals surface area contributed by atoms with Crippen molar-refractivity contribution in [2.45, 2.75) is 26.1 Å². The molecule has 1 aliphatic rings. The number of rotatable bonds is 5. The number of anilines is 1. The van der Waals surface area contributed by atoms with Gasteiger partial charge in [-0.05, 0) is 47.9 Å². The molecule has 0 radical (unpaired) electrons. The summed E-state index contributed by atoms with van der Waals surface area (Å²) in [5.41, 5.74) is 5.34. The topological polar surface area (TPSA) is 73.9 Å². The van der Waals surface area contributed by atoms with Crippen molar-refractivity contribution >= 4 is 34.7 Å². The summed E-state index contributed by atoms with van der Waals surface area (Å²) in [6.07, 6.45) is 2.09. The standard InChI is InChI=1S/C26H23ClN4O2/c1-17-13-23(20-9-2-3-10-21(20)27)28-25(30-26-29-22-11-4-5-12-24(22)33-26)31(17)15-18-7-6-8-19(14-18)16-32/h2-14,23,32H,15-16H2,1H3,(H,28,29,30). The van der Waals surface area contributed by atoms with Crippen molar-refractivity contribution in [2.24, 2.45) is 4.99 Å². The maximum atomic E-state index is 9.53. The molecule has 5 rings (SSSR count). The van der Waals surface area contributed by atoms with Gasteiger partial charge in [0.25, 0.3) is 0 Å². The third kappa shape index (κ3) is 4.49. The Hall–Kier alpha value is -3.61. The van der Waals surface area contributed by atoms with Crippen LogP contribution in [-0.4, -0.2) is 20.9 Å². The molecule has 0 spiro atoms. The third-order valence-electron chi connectivity index (χ3n) is 5.59. The van der Waals surface area contributed by atoms with Crippen LogP contribution < -0.4 is 5.32 Å². The number of halogens is 1. The minimum atomic E-state index is -0.245. The lowest BCUT2D eigenvalue weighted by molar-refractivity contribution is 0.281. The van der Waals surface area contributed by atoms with Crippen LogP contribution in [0.1, 0.15) is 29.7 Å². The van der Waals surface area contributed by atoms with Crippen LogP contribution in [0.5, 0.6) is 0 Å². The molecule has 33 heavy (non-hydrogen) atoms. The summed E-state index contributed by atoms with van der Waals surface area (Å²) < 4.78 is 5.90. The minimum Gasteiger partial charge on any atom is -0.423 e. The SMILES string of the molecule is CC1=CC(c2ccccc2Cl)N=C(Nc2nc3ccccc3o2)N1Cc1cccc(CO)c1. The molecular formula is C26H23ClN4O2. The van der Waals surface area contributed by atoms with Gasteiger partial charge in [0.2, 0.25) is 5.96 Å². The van der Waals surface area contributed by atoms with E-state index in [1.54, 1.807) is 0 Å². The highest BCUT2D eigenvalue weighted by molar-refractivity contribution is 6.31. The Morgan fingerprint density at radius 2 is 1.82 bits per heavy atom. The van der Waals surface area contributed by atoms with Gasteiger partial charge in [-0.3, -0.25) is 5.32 Å². The van der Waals surface area contributed by atoms with Gasteiger partial charge in [-0.2, -0.15) is 4.98 Å². The Balaban J connectivity index is 1.52. The summed E-state index contributed by atoms with van der Waals surface area (Å²) in [7, 11) is 0. The maximum absolute atomic E-state index is 9.53. The van der Waals surface area contributed by atoms with Gasteiger partial charge in [0.15, 0.2) is 5.58 Å². The molecule has 1 unspecified atom stereocenters. The lowest BCUT2D eigenvalue weighted by Crippen LogP contribution is -2.37. The molecule has 2 N–H and O–H groups in total. The molecule has 2 heterocycles. The minimum absolute atomic E-state index is 0.000652. The Bertz CT molecular complexity index is 1330. The van der Waals surface area contributed by atoms with Gasteiger partial charge in [0, 0.05) is 10.7 Å². The average Bonchev–Trinajstić information content (AvgIpc) is 3.24. The smallest absolute Gasteiger partial charge is 0.302 e. The van der Waals surface area contributed by atoms with Gasteiger partial charge < -0.3 is 14.4 Å². The number of guanidine groups is 1. The van der Waals surface area contributed by atoms with Gasteiger partial charge in [0.1, 0.15) is 11.6 Å². The summed E-state index contributed by atoms with van der Waals surface area (Å²) in [4.78, 5) is 11.6. The maximum Gasteiger partial charge on any atom is 0.302 e. The van der Waals surface area contributed by atoms with Crippen molar-refractivity contribution in [2.75, 3.05) is 5.32 Å². The molecule has 7 heteroatoms. The highest BCUT2D eigenvalue weighted by Gasteiger charge is 2.25. The molecule has 166 valence electrons. The number of aromatic nitrogens is 1. The highest BCUT2D eigenvalue weighted by atomic mass is 35.5. The first-order valence-electron chi connectivity index (χ1n) is 10.7. The molecule has 6 nitrogen and oxygen atoms in total. The first-order valence-corrected chi connectivity index (χ1v) is 11.1. The lowest BCUT2D eigenvalue weighted by atomic mass is 10.0. The van der Waals surface area contributed by atoms with Crippen LogP contribution in [0, 0.1) is 0 Å². The number of aliphatic imine (C=N–C) groups is 1. The van der Waals surface area contributed by atoms with E-state index in [4.69, 9.17) is 21.0 Å². The molecule has 0 saturated carbocycles. The van der Waals surface area contributed by atoms with E-state index in [-0.39, 0.29) is 12.6 Å². The first kappa shape index (κ1) is 21.2. The second-order valence-corrected chi connectivity index (χ2v) is 8.31. The molecule has 1 atom stereocenters. The number of nitrogens with one attached hydrogen (secondary N) is 1. The molecule has 3 aromatic carbocycles. The Morgan fingerprint density at radius 1 is 1.03 bits per heavy atom. The van der Waals surface area contributed by atoms with E-state index < -0.39 is 0 Å². The number of benzene rings is 3. The number of nitrogens with zero attached hydrogens (tertiary/aromatic N) is 3. The largest absolute Gasteiger partial charge is 0.423 e. The third-order valence-corrected chi connectivity index (χ3v) is 5.94. The number of aliphatic hydroxyl groups excluding tert-OH is 1. The molecular weight excluding hydrogens is 436 g/mol. The quantitative estimate of drug-likeness (QED) is 0.389. The zero-order valence-corrected chi connectivity index (χ0v) is 18.8. The van der Waals surface area contributed by atoms with Crippen LogP contribution in [0.15, 0.2) is 94.0 Å². The van der Waals surface area contributed by atoms with Crippen LogP contribution in [0.3, 0.4) is 0 Å². The number of oxazole rings is 1. The van der Waals surface area contributed by atoms with Gasteiger partial charge in [-0.15, -0.1) is 0 Å². The highest BCUT2D eigenvalue weighted by Crippen LogP contribution is 2.32. The van der Waals surface area contributed by atoms with Gasteiger partial charge >= 0.3 is 6.01 Å². The number of hydrogen-bond acceptors (Lipinski definition) is 6. The fourth-order valence-electron chi connectivity index (χ4n) is 3.93. The summed E-state index contributed by atoms with van der Waals surface area (Å²) in [5.74, 6) is 0.612. The second-order valence-electron chi connectivity index (χ2n) is 7.90. The summed E-state index contributed by atoms with van der Waals surface area (Å²) >= 11 is 6.48. The molecule has 4 aromatic rings. The second kappa shape index (κ2) is 9.10. The van der Waals surface area contributed by atoms with Crippen molar-refractivity contribution in [1.29, 1.82) is 0 Å². The van der Waals surface area contributed by atoms with E-state index in [2.05, 4.69) is 21.3 Å². The molecule has 1 aromatic heterocycles. The molecule has 1 aliphatic heterocycles. The summed E-state index contributed by atoms with van der Waals surface area (Å²) in [6, 6.07) is 23.3. The molecule has 0 bridgehead atoms. The van der Waals surface area contributed by atoms with Crippen LogP contribution in [0.4, 0.5) is 6.01 Å². The van der Waals surface area contributed by atoms with Crippen LogP contribution in [0.2, 0.25) is 5.02 Å². The monoisotopic (exact) mass is 458 g/mol. The van der Waals surface area contributed by atoms with Crippen molar-refractivity contribution in [3.05, 3.63) is 106 Å². The van der Waals surface area contributed by atoms with Crippen LogP contribution in [-0.2, 0) is 13.2 Å². The predicted octanol–water partition coefficient (Wildman–Crippen LogP) is 5.90. The first-order chi connectivity index (χ1) is 16.1. The fourth-order valence-corrected chi connectivity index (χ4v) is 4.18. The van der Waals surface area contributed by atoms with Crippen molar-refractivity contribution in [1.82, 2.24) is 9.88 Å².